The molecule has 0 saturated heterocycles. The molecule has 0 aliphatic rings. The van der Waals surface area contributed by atoms with Crippen LogP contribution in [-0.4, -0.2) is 13.3 Å². The van der Waals surface area contributed by atoms with Crippen molar-refractivity contribution in [1.82, 2.24) is 0 Å². The lowest BCUT2D eigenvalue weighted by Crippen LogP contribution is -2.05. The van der Waals surface area contributed by atoms with Gasteiger partial charge in [-0.3, -0.25) is 0 Å². The third-order valence-corrected chi connectivity index (χ3v) is 1.94. The van der Waals surface area contributed by atoms with Crippen LogP contribution in [0.2, 0.25) is 0 Å². The fourth-order valence-electron chi connectivity index (χ4n) is 0.591. The van der Waals surface area contributed by atoms with Gasteiger partial charge < -0.3 is 9.47 Å². The zero-order valence-corrected chi connectivity index (χ0v) is 7.10. The minimum atomic E-state index is -0.674. The van der Waals surface area contributed by atoms with Gasteiger partial charge in [-0.25, -0.2) is 4.79 Å². The summed E-state index contributed by atoms with van der Waals surface area (Å²) >= 11 is 1.41. The molecule has 0 radical (unpaired) electrons. The molecule has 0 N–H and O–H groups in total. The Bertz CT molecular complexity index is 254. The second-order valence-electron chi connectivity index (χ2n) is 1.92. The second-order valence-corrected chi connectivity index (χ2v) is 3.17. The van der Waals surface area contributed by atoms with Gasteiger partial charge in [0, 0.05) is 4.88 Å². The van der Waals surface area contributed by atoms with Crippen molar-refractivity contribution in [2.45, 2.75) is 6.92 Å². The van der Waals surface area contributed by atoms with Gasteiger partial charge in [0.05, 0.1) is 7.11 Å². The highest BCUT2D eigenvalue weighted by molar-refractivity contribution is 7.13. The summed E-state index contributed by atoms with van der Waals surface area (Å²) in [7, 11) is 1.28. The maximum absolute atomic E-state index is 10.6. The predicted octanol–water partition coefficient (Wildman–Crippen LogP) is 2.20. The smallest absolute Gasteiger partial charge is 0.437 e. The van der Waals surface area contributed by atoms with Crippen LogP contribution < -0.4 is 4.74 Å². The normalized spacial score (nSPS) is 9.27. The van der Waals surface area contributed by atoms with Crippen molar-refractivity contribution in [1.29, 1.82) is 0 Å². The first-order chi connectivity index (χ1) is 5.22. The molecule has 60 valence electrons. The van der Waals surface area contributed by atoms with Crippen molar-refractivity contribution in [2.24, 2.45) is 0 Å². The molecule has 1 aromatic rings. The Morgan fingerprint density at radius 1 is 1.55 bits per heavy atom. The number of methoxy groups -OCH3 is 1. The molecule has 0 aromatic carbocycles. The van der Waals surface area contributed by atoms with Gasteiger partial charge in [0.25, 0.3) is 0 Å². The Morgan fingerprint density at radius 3 is 2.73 bits per heavy atom. The average molecular weight is 172 g/mol. The Morgan fingerprint density at radius 2 is 2.27 bits per heavy atom. The van der Waals surface area contributed by atoms with Crippen LogP contribution in [0.15, 0.2) is 12.1 Å². The number of hydrogen-bond acceptors (Lipinski definition) is 4. The number of carbonyl (C=O) groups is 1. The van der Waals surface area contributed by atoms with E-state index < -0.39 is 6.16 Å². The van der Waals surface area contributed by atoms with E-state index in [1.807, 2.05) is 13.0 Å². The number of ether oxygens (including phenoxy) is 2. The van der Waals surface area contributed by atoms with Gasteiger partial charge in [0.2, 0.25) is 0 Å². The third kappa shape index (κ3) is 2.23. The molecule has 1 heterocycles. The van der Waals surface area contributed by atoms with Crippen molar-refractivity contribution in [3.8, 4) is 5.06 Å². The van der Waals surface area contributed by atoms with Crippen molar-refractivity contribution in [3.63, 3.8) is 0 Å². The summed E-state index contributed by atoms with van der Waals surface area (Å²) in [5.74, 6) is 0. The first-order valence-corrected chi connectivity index (χ1v) is 3.86. The molecular weight excluding hydrogens is 164 g/mol. The van der Waals surface area contributed by atoms with Crippen molar-refractivity contribution in [3.05, 3.63) is 17.0 Å². The summed E-state index contributed by atoms with van der Waals surface area (Å²) in [6.07, 6.45) is -0.674. The summed E-state index contributed by atoms with van der Waals surface area (Å²) < 4.78 is 9.05. The van der Waals surface area contributed by atoms with E-state index in [1.54, 1.807) is 6.07 Å². The van der Waals surface area contributed by atoms with Crippen LogP contribution in [0.4, 0.5) is 4.79 Å². The van der Waals surface area contributed by atoms with E-state index in [2.05, 4.69) is 4.74 Å². The molecule has 1 aromatic heterocycles. The molecule has 0 unspecified atom stereocenters. The zero-order chi connectivity index (χ0) is 8.27. The maximum atomic E-state index is 10.6. The van der Waals surface area contributed by atoms with Gasteiger partial charge in [0.15, 0.2) is 5.06 Å². The molecule has 0 aliphatic carbocycles. The minimum absolute atomic E-state index is 0.564. The fraction of sp³-hybridized carbons (Fsp3) is 0.286. The Hall–Kier alpha value is -1.03. The SMILES string of the molecule is COC(=O)Oc1ccc(C)s1. The van der Waals surface area contributed by atoms with Gasteiger partial charge in [-0.2, -0.15) is 0 Å². The van der Waals surface area contributed by atoms with Crippen LogP contribution in [0, 0.1) is 6.92 Å². The van der Waals surface area contributed by atoms with Crippen molar-refractivity contribution in [2.75, 3.05) is 7.11 Å². The summed E-state index contributed by atoms with van der Waals surface area (Å²) in [4.78, 5) is 11.7. The largest absolute Gasteiger partial charge is 0.514 e. The second kappa shape index (κ2) is 3.39. The van der Waals surface area contributed by atoms with E-state index in [9.17, 15) is 4.79 Å². The monoisotopic (exact) mass is 172 g/mol. The molecular formula is C7H8O3S. The van der Waals surface area contributed by atoms with E-state index in [1.165, 1.54) is 18.4 Å². The van der Waals surface area contributed by atoms with Gasteiger partial charge in [-0.1, -0.05) is 0 Å². The molecule has 1 rings (SSSR count). The number of thiophene rings is 1. The zero-order valence-electron chi connectivity index (χ0n) is 6.29. The molecule has 0 amide bonds. The molecule has 3 nitrogen and oxygen atoms in total. The Labute approximate surface area is 68.6 Å². The highest BCUT2D eigenvalue weighted by Gasteiger charge is 2.04. The van der Waals surface area contributed by atoms with Gasteiger partial charge >= 0.3 is 6.16 Å². The van der Waals surface area contributed by atoms with Gasteiger partial charge in [-0.05, 0) is 19.1 Å². The Kier molecular flexibility index (Phi) is 2.48. The fourth-order valence-corrected chi connectivity index (χ4v) is 1.29. The molecule has 0 spiro atoms. The lowest BCUT2D eigenvalue weighted by Gasteiger charge is -1.96. The van der Waals surface area contributed by atoms with Gasteiger partial charge in [-0.15, -0.1) is 11.3 Å². The summed E-state index contributed by atoms with van der Waals surface area (Å²) in [5, 5.41) is 0.564. The van der Waals surface area contributed by atoms with Crippen LogP contribution in [0.1, 0.15) is 4.88 Å². The quantitative estimate of drug-likeness (QED) is 0.609. The molecule has 0 fully saturated rings. The summed E-state index contributed by atoms with van der Waals surface area (Å²) in [6.45, 7) is 1.94. The van der Waals surface area contributed by atoms with Gasteiger partial charge in [0.1, 0.15) is 0 Å². The third-order valence-electron chi connectivity index (χ3n) is 1.07. The van der Waals surface area contributed by atoms with Crippen LogP contribution in [0.25, 0.3) is 0 Å². The molecule has 0 atom stereocenters. The van der Waals surface area contributed by atoms with Crippen molar-refractivity contribution < 1.29 is 14.3 Å². The van der Waals surface area contributed by atoms with Crippen LogP contribution in [0.5, 0.6) is 5.06 Å². The highest BCUT2D eigenvalue weighted by atomic mass is 32.1. The van der Waals surface area contributed by atoms with E-state index in [-0.39, 0.29) is 0 Å². The van der Waals surface area contributed by atoms with E-state index >= 15 is 0 Å². The lowest BCUT2D eigenvalue weighted by molar-refractivity contribution is 0.123. The number of rotatable bonds is 1. The van der Waals surface area contributed by atoms with E-state index in [4.69, 9.17) is 4.74 Å². The summed E-state index contributed by atoms with van der Waals surface area (Å²) in [5.41, 5.74) is 0. The van der Waals surface area contributed by atoms with E-state index in [0.29, 0.717) is 5.06 Å². The summed E-state index contributed by atoms with van der Waals surface area (Å²) in [6, 6.07) is 3.61. The lowest BCUT2D eigenvalue weighted by atomic mass is 10.5. The van der Waals surface area contributed by atoms with Crippen LogP contribution in [0.3, 0.4) is 0 Å². The Balaban J connectivity index is 2.57. The molecule has 0 saturated carbocycles. The first-order valence-electron chi connectivity index (χ1n) is 3.04. The molecule has 0 bridgehead atoms. The topological polar surface area (TPSA) is 35.5 Å². The van der Waals surface area contributed by atoms with E-state index in [0.717, 1.165) is 4.88 Å². The van der Waals surface area contributed by atoms with Crippen LogP contribution >= 0.6 is 11.3 Å². The predicted molar refractivity (Wildman–Crippen MR) is 42.1 cm³/mol. The highest BCUT2D eigenvalue weighted by Crippen LogP contribution is 2.23. The number of hydrogen-bond donors (Lipinski definition) is 0. The number of carbonyl (C=O) groups excluding carboxylic acids is 1. The molecule has 11 heavy (non-hydrogen) atoms. The molecule has 0 aliphatic heterocycles. The number of aryl methyl sites for hydroxylation is 1. The standard InChI is InChI=1S/C7H8O3S/c1-5-3-4-6(11-5)10-7(8)9-2/h3-4H,1-2H3. The minimum Gasteiger partial charge on any atom is -0.437 e. The maximum Gasteiger partial charge on any atom is 0.514 e. The van der Waals surface area contributed by atoms with Crippen molar-refractivity contribution >= 4 is 17.5 Å². The molecule has 4 heteroatoms. The first kappa shape index (κ1) is 8.07. The van der Waals surface area contributed by atoms with Crippen LogP contribution in [-0.2, 0) is 4.74 Å². The average Bonchev–Trinajstić information content (AvgIpc) is 2.35.